The van der Waals surface area contributed by atoms with Gasteiger partial charge in [0.25, 0.3) is 5.89 Å². The van der Waals surface area contributed by atoms with Gasteiger partial charge in [-0.05, 0) is 6.42 Å². The van der Waals surface area contributed by atoms with E-state index in [9.17, 15) is 0 Å². The fourth-order valence-electron chi connectivity index (χ4n) is 1.06. The zero-order chi connectivity index (χ0) is 9.80. The molecular weight excluding hydrogens is 204 g/mol. The van der Waals surface area contributed by atoms with Crippen LogP contribution in [-0.4, -0.2) is 26.3 Å². The van der Waals surface area contributed by atoms with Crippen LogP contribution in [0.25, 0.3) is 11.5 Å². The molecule has 0 radical (unpaired) electrons. The average molecular weight is 213 g/mol. The van der Waals surface area contributed by atoms with Crippen molar-refractivity contribution < 1.29 is 4.42 Å². The van der Waals surface area contributed by atoms with Gasteiger partial charge in [-0.2, -0.15) is 5.10 Å². The maximum absolute atomic E-state index is 5.55. The predicted octanol–water partition coefficient (Wildman–Crippen LogP) is 1.63. The molecule has 6 heteroatoms. The first kappa shape index (κ1) is 9.21. The van der Waals surface area contributed by atoms with E-state index in [2.05, 4.69) is 20.4 Å². The van der Waals surface area contributed by atoms with Gasteiger partial charge in [-0.1, -0.05) is 0 Å². The summed E-state index contributed by atoms with van der Waals surface area (Å²) in [7, 11) is 0. The number of aryl methyl sites for hydroxylation is 1. The highest BCUT2D eigenvalue weighted by atomic mass is 35.5. The van der Waals surface area contributed by atoms with Crippen molar-refractivity contribution in [3.05, 3.63) is 18.3 Å². The molecule has 0 saturated carbocycles. The van der Waals surface area contributed by atoms with E-state index in [1.54, 1.807) is 12.4 Å². The molecule has 1 N–H and O–H groups in total. The standard InChI is InChI=1S/C8H9ClN4O/c9-3-1-2-7-12-13-8(14-7)6-4-10-11-5-6/h4-5H,1-3H2,(H,10,11). The Morgan fingerprint density at radius 1 is 1.43 bits per heavy atom. The van der Waals surface area contributed by atoms with Gasteiger partial charge in [0, 0.05) is 18.5 Å². The predicted molar refractivity (Wildman–Crippen MR) is 50.9 cm³/mol. The maximum Gasteiger partial charge on any atom is 0.250 e. The molecule has 0 aliphatic heterocycles. The van der Waals surface area contributed by atoms with Crippen molar-refractivity contribution in [1.82, 2.24) is 20.4 Å². The minimum Gasteiger partial charge on any atom is -0.421 e. The summed E-state index contributed by atoms with van der Waals surface area (Å²) in [4.78, 5) is 0. The lowest BCUT2D eigenvalue weighted by molar-refractivity contribution is 0.502. The van der Waals surface area contributed by atoms with Crippen molar-refractivity contribution in [1.29, 1.82) is 0 Å². The minimum atomic E-state index is 0.489. The van der Waals surface area contributed by atoms with Gasteiger partial charge in [0.05, 0.1) is 11.8 Å². The average Bonchev–Trinajstić information content (AvgIpc) is 2.85. The summed E-state index contributed by atoms with van der Waals surface area (Å²) in [5.41, 5.74) is 0.801. The van der Waals surface area contributed by atoms with Crippen LogP contribution in [0.15, 0.2) is 16.8 Å². The first-order chi connectivity index (χ1) is 6.90. The molecule has 0 unspecified atom stereocenters. The molecule has 0 fully saturated rings. The van der Waals surface area contributed by atoms with Gasteiger partial charge in [0.2, 0.25) is 5.89 Å². The molecule has 2 aromatic rings. The lowest BCUT2D eigenvalue weighted by atomic mass is 10.3. The van der Waals surface area contributed by atoms with Crippen molar-refractivity contribution in [2.24, 2.45) is 0 Å². The van der Waals surface area contributed by atoms with E-state index in [-0.39, 0.29) is 0 Å². The minimum absolute atomic E-state index is 0.489. The van der Waals surface area contributed by atoms with Crippen LogP contribution in [0.3, 0.4) is 0 Å². The first-order valence-electron chi connectivity index (χ1n) is 4.27. The van der Waals surface area contributed by atoms with Gasteiger partial charge < -0.3 is 4.42 Å². The van der Waals surface area contributed by atoms with Crippen LogP contribution in [0, 0.1) is 0 Å². The molecule has 0 saturated heterocycles. The number of halogens is 1. The number of aromatic nitrogens is 4. The van der Waals surface area contributed by atoms with Crippen molar-refractivity contribution in [2.45, 2.75) is 12.8 Å². The van der Waals surface area contributed by atoms with Crippen LogP contribution < -0.4 is 0 Å². The Balaban J connectivity index is 2.10. The highest BCUT2D eigenvalue weighted by Gasteiger charge is 2.08. The maximum atomic E-state index is 5.55. The third-order valence-electron chi connectivity index (χ3n) is 1.74. The number of hydrogen-bond donors (Lipinski definition) is 1. The zero-order valence-electron chi connectivity index (χ0n) is 7.40. The lowest BCUT2D eigenvalue weighted by Gasteiger charge is -1.88. The van der Waals surface area contributed by atoms with Gasteiger partial charge in [-0.25, -0.2) is 0 Å². The number of nitrogens with zero attached hydrogens (tertiary/aromatic N) is 3. The van der Waals surface area contributed by atoms with E-state index >= 15 is 0 Å². The molecular formula is C8H9ClN4O. The van der Waals surface area contributed by atoms with Crippen LogP contribution in [0.2, 0.25) is 0 Å². The summed E-state index contributed by atoms with van der Waals surface area (Å²) in [6.45, 7) is 0. The van der Waals surface area contributed by atoms with Crippen molar-refractivity contribution >= 4 is 11.6 Å². The molecule has 0 atom stereocenters. The number of nitrogens with one attached hydrogen (secondary N) is 1. The Morgan fingerprint density at radius 3 is 3.07 bits per heavy atom. The molecule has 2 rings (SSSR count). The Labute approximate surface area is 85.5 Å². The third kappa shape index (κ3) is 1.93. The molecule has 0 aliphatic rings. The van der Waals surface area contributed by atoms with Gasteiger partial charge in [0.15, 0.2) is 0 Å². The summed E-state index contributed by atoms with van der Waals surface area (Å²) >= 11 is 5.55. The largest absolute Gasteiger partial charge is 0.421 e. The van der Waals surface area contributed by atoms with Crippen molar-refractivity contribution in [3.8, 4) is 11.5 Å². The molecule has 0 aliphatic carbocycles. The van der Waals surface area contributed by atoms with Gasteiger partial charge in [-0.3, -0.25) is 5.10 Å². The monoisotopic (exact) mass is 212 g/mol. The van der Waals surface area contributed by atoms with Crippen molar-refractivity contribution in [3.63, 3.8) is 0 Å². The Morgan fingerprint density at radius 2 is 2.36 bits per heavy atom. The fraction of sp³-hybridized carbons (Fsp3) is 0.375. The number of alkyl halides is 1. The molecule has 2 heterocycles. The van der Waals surface area contributed by atoms with E-state index in [0.717, 1.165) is 12.0 Å². The Bertz CT molecular complexity index is 384. The summed E-state index contributed by atoms with van der Waals surface area (Å²) < 4.78 is 5.39. The van der Waals surface area contributed by atoms with E-state index in [1.165, 1.54) is 0 Å². The van der Waals surface area contributed by atoms with E-state index in [0.29, 0.717) is 24.1 Å². The molecule has 74 valence electrons. The molecule has 0 aromatic carbocycles. The van der Waals surface area contributed by atoms with Crippen LogP contribution in [-0.2, 0) is 6.42 Å². The summed E-state index contributed by atoms with van der Waals surface area (Å²) in [5, 5.41) is 14.3. The highest BCUT2D eigenvalue weighted by Crippen LogP contribution is 2.15. The summed E-state index contributed by atoms with van der Waals surface area (Å²) in [6.07, 6.45) is 4.90. The second-order valence-electron chi connectivity index (χ2n) is 2.78. The van der Waals surface area contributed by atoms with E-state index in [1.807, 2.05) is 0 Å². The summed E-state index contributed by atoms with van der Waals surface area (Å²) in [5.74, 6) is 1.70. The van der Waals surface area contributed by atoms with Crippen LogP contribution >= 0.6 is 11.6 Å². The molecule has 14 heavy (non-hydrogen) atoms. The van der Waals surface area contributed by atoms with Gasteiger partial charge >= 0.3 is 0 Å². The molecule has 5 nitrogen and oxygen atoms in total. The number of rotatable bonds is 4. The second-order valence-corrected chi connectivity index (χ2v) is 3.16. The topological polar surface area (TPSA) is 67.6 Å². The first-order valence-corrected chi connectivity index (χ1v) is 4.81. The molecule has 0 spiro atoms. The fourth-order valence-corrected chi connectivity index (χ4v) is 1.19. The Hall–Kier alpha value is -1.36. The normalized spacial score (nSPS) is 10.6. The molecule has 0 amide bonds. The van der Waals surface area contributed by atoms with Crippen LogP contribution in [0.1, 0.15) is 12.3 Å². The highest BCUT2D eigenvalue weighted by molar-refractivity contribution is 6.17. The SMILES string of the molecule is ClCCCc1nnc(-c2cn[nH]c2)o1. The zero-order valence-corrected chi connectivity index (χ0v) is 8.16. The third-order valence-corrected chi connectivity index (χ3v) is 2.00. The van der Waals surface area contributed by atoms with Crippen LogP contribution in [0.5, 0.6) is 0 Å². The summed E-state index contributed by atoms with van der Waals surface area (Å²) in [6, 6.07) is 0. The van der Waals surface area contributed by atoms with E-state index in [4.69, 9.17) is 16.0 Å². The number of H-pyrrole nitrogens is 1. The van der Waals surface area contributed by atoms with Gasteiger partial charge in [-0.15, -0.1) is 21.8 Å². The molecule has 0 bridgehead atoms. The van der Waals surface area contributed by atoms with Crippen molar-refractivity contribution in [2.75, 3.05) is 5.88 Å². The Kier molecular flexibility index (Phi) is 2.78. The van der Waals surface area contributed by atoms with Crippen LogP contribution in [0.4, 0.5) is 0 Å². The number of aromatic amines is 1. The lowest BCUT2D eigenvalue weighted by Crippen LogP contribution is -1.85. The quantitative estimate of drug-likeness (QED) is 0.783. The number of hydrogen-bond acceptors (Lipinski definition) is 4. The second kappa shape index (κ2) is 4.23. The van der Waals surface area contributed by atoms with E-state index < -0.39 is 0 Å². The van der Waals surface area contributed by atoms with Gasteiger partial charge in [0.1, 0.15) is 0 Å². The smallest absolute Gasteiger partial charge is 0.250 e. The molecule has 2 aromatic heterocycles.